The van der Waals surface area contributed by atoms with Crippen molar-refractivity contribution >= 4 is 26.7 Å². The van der Waals surface area contributed by atoms with E-state index >= 15 is 0 Å². The Bertz CT molecular complexity index is 691. The Balaban J connectivity index is 2.16. The van der Waals surface area contributed by atoms with Crippen LogP contribution in [0.25, 0.3) is 10.8 Å². The van der Waals surface area contributed by atoms with E-state index in [9.17, 15) is 5.11 Å². The van der Waals surface area contributed by atoms with E-state index in [1.807, 2.05) is 36.4 Å². The third kappa shape index (κ3) is 2.09. The van der Waals surface area contributed by atoms with Crippen LogP contribution in [0.3, 0.4) is 0 Å². The lowest BCUT2D eigenvalue weighted by molar-refractivity contribution is 0.108. The molecule has 0 bridgehead atoms. The normalized spacial score (nSPS) is 14.4. The lowest BCUT2D eigenvalue weighted by Crippen LogP contribution is -2.28. The summed E-state index contributed by atoms with van der Waals surface area (Å²) < 4.78 is 5.09. The predicted octanol–water partition coefficient (Wildman–Crippen LogP) is 4.06. The van der Waals surface area contributed by atoms with Crippen molar-refractivity contribution in [1.82, 2.24) is 0 Å². The number of benzene rings is 2. The van der Waals surface area contributed by atoms with Crippen LogP contribution in [0.15, 0.2) is 65.5 Å². The van der Waals surface area contributed by atoms with Gasteiger partial charge in [0.05, 0.1) is 12.5 Å². The molecule has 2 nitrogen and oxygen atoms in total. The van der Waals surface area contributed by atoms with E-state index in [1.54, 1.807) is 18.6 Å². The second-order valence-corrected chi connectivity index (χ2v) is 5.13. The largest absolute Gasteiger partial charge is 0.472 e. The molecule has 0 spiro atoms. The molecule has 1 N–H and O–H groups in total. The Morgan fingerprint density at radius 3 is 2.47 bits per heavy atom. The molecule has 3 aromatic rings. The van der Waals surface area contributed by atoms with E-state index in [0.717, 1.165) is 21.9 Å². The summed E-state index contributed by atoms with van der Waals surface area (Å²) in [5, 5.41) is 13.6. The molecule has 0 aliphatic heterocycles. The monoisotopic (exact) mass is 316 g/mol. The molecule has 0 fully saturated rings. The summed E-state index contributed by atoms with van der Waals surface area (Å²) in [6, 6.07) is 15.9. The van der Waals surface area contributed by atoms with Gasteiger partial charge in [0.25, 0.3) is 0 Å². The van der Waals surface area contributed by atoms with Crippen molar-refractivity contribution in [1.29, 1.82) is 0 Å². The van der Waals surface area contributed by atoms with E-state index in [-0.39, 0.29) is 0 Å². The second kappa shape index (κ2) is 4.83. The molecule has 0 aliphatic carbocycles. The predicted molar refractivity (Wildman–Crippen MR) is 79.4 cm³/mol. The topological polar surface area (TPSA) is 33.4 Å². The average Bonchev–Trinajstić information content (AvgIpc) is 3.00. The molecule has 0 saturated carbocycles. The van der Waals surface area contributed by atoms with Crippen molar-refractivity contribution in [2.45, 2.75) is 5.60 Å². The first-order valence-electron chi connectivity index (χ1n) is 6.04. The highest BCUT2D eigenvalue weighted by Gasteiger charge is 2.31. The fourth-order valence-electron chi connectivity index (χ4n) is 2.27. The summed E-state index contributed by atoms with van der Waals surface area (Å²) in [5.41, 5.74) is 0.529. The van der Waals surface area contributed by atoms with E-state index in [4.69, 9.17) is 4.42 Å². The second-order valence-electron chi connectivity index (χ2n) is 4.57. The fraction of sp³-hybridized carbons (Fsp3) is 0.125. The fourth-order valence-corrected chi connectivity index (χ4v) is 2.91. The minimum atomic E-state index is -1.07. The van der Waals surface area contributed by atoms with Gasteiger partial charge in [-0.25, -0.2) is 0 Å². The highest BCUT2D eigenvalue weighted by molar-refractivity contribution is 9.09. The minimum Gasteiger partial charge on any atom is -0.472 e. The summed E-state index contributed by atoms with van der Waals surface area (Å²) in [5.74, 6) is 0. The van der Waals surface area contributed by atoms with Crippen molar-refractivity contribution in [3.8, 4) is 0 Å². The SMILES string of the molecule is OC(CBr)(c1ccoc1)c1ccc2ccccc2c1. The smallest absolute Gasteiger partial charge is 0.127 e. The molecule has 1 heterocycles. The summed E-state index contributed by atoms with van der Waals surface area (Å²) in [6.45, 7) is 0. The van der Waals surface area contributed by atoms with E-state index < -0.39 is 5.60 Å². The number of rotatable bonds is 3. The zero-order chi connectivity index (χ0) is 13.3. The average molecular weight is 317 g/mol. The molecule has 1 aromatic heterocycles. The Kier molecular flexibility index (Phi) is 3.17. The molecular formula is C16H13BrO2. The number of alkyl halides is 1. The Labute approximate surface area is 119 Å². The molecule has 1 unspecified atom stereocenters. The van der Waals surface area contributed by atoms with Crippen molar-refractivity contribution < 1.29 is 9.52 Å². The van der Waals surface area contributed by atoms with Gasteiger partial charge in [-0.1, -0.05) is 52.3 Å². The molecule has 2 aromatic carbocycles. The summed E-state index contributed by atoms with van der Waals surface area (Å²) in [7, 11) is 0. The van der Waals surface area contributed by atoms with Gasteiger partial charge in [-0.05, 0) is 28.5 Å². The van der Waals surface area contributed by atoms with Crippen molar-refractivity contribution in [2.75, 3.05) is 5.33 Å². The number of hydrogen-bond acceptors (Lipinski definition) is 2. The van der Waals surface area contributed by atoms with Gasteiger partial charge in [0.2, 0.25) is 0 Å². The van der Waals surface area contributed by atoms with Crippen LogP contribution in [0.1, 0.15) is 11.1 Å². The van der Waals surface area contributed by atoms with Crippen LogP contribution in [0.5, 0.6) is 0 Å². The first kappa shape index (κ1) is 12.5. The molecule has 1 atom stereocenters. The minimum absolute atomic E-state index is 0.415. The number of aliphatic hydroxyl groups is 1. The van der Waals surface area contributed by atoms with Crippen LogP contribution in [0, 0.1) is 0 Å². The molecule has 0 saturated heterocycles. The Morgan fingerprint density at radius 2 is 1.79 bits per heavy atom. The molecule has 19 heavy (non-hydrogen) atoms. The number of halogens is 1. The molecule has 3 rings (SSSR count). The molecule has 3 heteroatoms. The molecular weight excluding hydrogens is 304 g/mol. The van der Waals surface area contributed by atoms with Gasteiger partial charge in [-0.2, -0.15) is 0 Å². The van der Waals surface area contributed by atoms with Gasteiger partial charge < -0.3 is 9.52 Å². The third-order valence-corrected chi connectivity index (χ3v) is 4.23. The lowest BCUT2D eigenvalue weighted by atomic mass is 9.89. The van der Waals surface area contributed by atoms with Gasteiger partial charge in [0, 0.05) is 10.9 Å². The quantitative estimate of drug-likeness (QED) is 0.739. The van der Waals surface area contributed by atoms with Gasteiger partial charge >= 0.3 is 0 Å². The van der Waals surface area contributed by atoms with Crippen molar-refractivity contribution in [3.05, 3.63) is 72.2 Å². The number of fused-ring (bicyclic) bond motifs is 1. The van der Waals surface area contributed by atoms with Gasteiger partial charge in [-0.15, -0.1) is 0 Å². The summed E-state index contributed by atoms with van der Waals surface area (Å²) in [4.78, 5) is 0. The zero-order valence-electron chi connectivity index (χ0n) is 10.2. The molecule has 96 valence electrons. The first-order chi connectivity index (χ1) is 9.24. The molecule has 0 amide bonds. The van der Waals surface area contributed by atoms with Crippen molar-refractivity contribution in [2.24, 2.45) is 0 Å². The third-order valence-electron chi connectivity index (χ3n) is 3.42. The highest BCUT2D eigenvalue weighted by atomic mass is 79.9. The molecule has 0 radical (unpaired) electrons. The maximum atomic E-state index is 10.9. The number of furan rings is 1. The first-order valence-corrected chi connectivity index (χ1v) is 7.16. The van der Waals surface area contributed by atoms with E-state index in [0.29, 0.717) is 5.33 Å². The lowest BCUT2D eigenvalue weighted by Gasteiger charge is -2.25. The van der Waals surface area contributed by atoms with Gasteiger partial charge in [-0.3, -0.25) is 0 Å². The zero-order valence-corrected chi connectivity index (χ0v) is 11.8. The maximum absolute atomic E-state index is 10.9. The Hall–Kier alpha value is -1.58. The van der Waals surface area contributed by atoms with Crippen LogP contribution >= 0.6 is 15.9 Å². The standard InChI is InChI=1S/C16H13BrO2/c17-11-16(18,15-7-8-19-10-15)14-6-5-12-3-1-2-4-13(12)9-14/h1-10,18H,11H2. The van der Waals surface area contributed by atoms with Crippen LogP contribution in [0.2, 0.25) is 0 Å². The van der Waals surface area contributed by atoms with E-state index in [2.05, 4.69) is 22.0 Å². The van der Waals surface area contributed by atoms with Gasteiger partial charge in [0.1, 0.15) is 5.60 Å². The number of hydrogen-bond donors (Lipinski definition) is 1. The Morgan fingerprint density at radius 1 is 1.00 bits per heavy atom. The molecule has 0 aliphatic rings. The van der Waals surface area contributed by atoms with Crippen molar-refractivity contribution in [3.63, 3.8) is 0 Å². The van der Waals surface area contributed by atoms with E-state index in [1.165, 1.54) is 0 Å². The summed E-state index contributed by atoms with van der Waals surface area (Å²) in [6.07, 6.45) is 3.15. The van der Waals surface area contributed by atoms with Gasteiger partial charge in [0.15, 0.2) is 0 Å². The summed E-state index contributed by atoms with van der Waals surface area (Å²) >= 11 is 3.40. The maximum Gasteiger partial charge on any atom is 0.127 e. The highest BCUT2D eigenvalue weighted by Crippen LogP contribution is 2.33. The van der Waals surface area contributed by atoms with Crippen LogP contribution in [-0.2, 0) is 5.60 Å². The van der Waals surface area contributed by atoms with Crippen LogP contribution in [-0.4, -0.2) is 10.4 Å². The van der Waals surface area contributed by atoms with Crippen LogP contribution < -0.4 is 0 Å². The van der Waals surface area contributed by atoms with Crippen LogP contribution in [0.4, 0.5) is 0 Å².